The molecule has 10 nitrogen and oxygen atoms in total. The fourth-order valence-electron chi connectivity index (χ4n) is 4.80. The minimum absolute atomic E-state index is 0.00310. The summed E-state index contributed by atoms with van der Waals surface area (Å²) in [6, 6.07) is 14.7. The van der Waals surface area contributed by atoms with Crippen LogP contribution in [0.4, 0.5) is 5.69 Å². The normalized spacial score (nSPS) is 18.0. The molecule has 0 saturated heterocycles. The molecule has 0 spiro atoms. The van der Waals surface area contributed by atoms with Gasteiger partial charge in [0.25, 0.3) is 21.8 Å². The molecule has 0 saturated carbocycles. The Morgan fingerprint density at radius 3 is 2.58 bits per heavy atom. The van der Waals surface area contributed by atoms with Gasteiger partial charge in [-0.2, -0.15) is 4.31 Å². The summed E-state index contributed by atoms with van der Waals surface area (Å²) in [5, 5.41) is 17.2. The number of carbonyl (C=O) groups is 2. The number of amides is 2. The SMILES string of the molecule is C[C@H](CO)N1C[C@H](C)[C@H](CN(C)S(=O)(=O)c2cccs2)Oc2c(NC(=O)c3ccc(-c4nccs4)cc3)cccc2C1=O. The van der Waals surface area contributed by atoms with Crippen molar-refractivity contribution < 1.29 is 27.9 Å². The fraction of sp³-hybridized carbons (Fsp3) is 0.300. The number of likely N-dealkylation sites (N-methyl/N-ethyl adjacent to an activating group) is 1. The summed E-state index contributed by atoms with van der Waals surface area (Å²) in [5.74, 6) is -0.937. The molecule has 13 heteroatoms. The molecule has 2 aromatic carbocycles. The Hall–Kier alpha value is -3.62. The van der Waals surface area contributed by atoms with Crippen molar-refractivity contribution in [1.82, 2.24) is 14.2 Å². The van der Waals surface area contributed by atoms with Gasteiger partial charge in [0.05, 0.1) is 30.4 Å². The third-order valence-corrected chi connectivity index (χ3v) is 11.4. The highest BCUT2D eigenvalue weighted by Crippen LogP contribution is 2.36. The van der Waals surface area contributed by atoms with E-state index in [2.05, 4.69) is 10.3 Å². The van der Waals surface area contributed by atoms with E-state index in [1.54, 1.807) is 65.9 Å². The average molecular weight is 641 g/mol. The summed E-state index contributed by atoms with van der Waals surface area (Å²) in [6.07, 6.45) is 1.03. The Morgan fingerprint density at radius 2 is 1.93 bits per heavy atom. The summed E-state index contributed by atoms with van der Waals surface area (Å²) in [7, 11) is -2.28. The van der Waals surface area contributed by atoms with Gasteiger partial charge in [-0.1, -0.05) is 31.2 Å². The lowest BCUT2D eigenvalue weighted by Crippen LogP contribution is -2.50. The Bertz CT molecular complexity index is 1680. The van der Waals surface area contributed by atoms with E-state index in [4.69, 9.17) is 4.74 Å². The largest absolute Gasteiger partial charge is 0.486 e. The summed E-state index contributed by atoms with van der Waals surface area (Å²) in [6.45, 7) is 3.60. The number of para-hydroxylation sites is 1. The number of aliphatic hydroxyl groups is 1. The van der Waals surface area contributed by atoms with Crippen LogP contribution in [0.25, 0.3) is 10.6 Å². The highest BCUT2D eigenvalue weighted by atomic mass is 32.2. The van der Waals surface area contributed by atoms with E-state index in [-0.39, 0.29) is 52.7 Å². The molecule has 4 aromatic rings. The Balaban J connectivity index is 1.47. The van der Waals surface area contributed by atoms with Crippen LogP contribution in [0, 0.1) is 5.92 Å². The first-order chi connectivity index (χ1) is 20.6. The summed E-state index contributed by atoms with van der Waals surface area (Å²) in [5.41, 5.74) is 1.77. The molecule has 2 amide bonds. The van der Waals surface area contributed by atoms with Crippen molar-refractivity contribution in [1.29, 1.82) is 0 Å². The molecular formula is C30H32N4O6S3. The fourth-order valence-corrected chi connectivity index (χ4v) is 7.83. The average Bonchev–Trinajstić information content (AvgIpc) is 3.74. The standard InChI is InChI=1S/C30H32N4O6S3/c1-19-16-34(20(2)18-35)30(37)23-6-4-7-24(32-28(36)21-9-11-22(12-10-21)29-31-13-15-42-29)27(23)40-25(19)17-33(3)43(38,39)26-8-5-14-41-26/h4-15,19-20,25,35H,16-18H2,1-3H3,(H,32,36)/t19-,20+,25-/m0/s1. The molecule has 2 aromatic heterocycles. The number of ether oxygens (including phenoxy) is 1. The van der Waals surface area contributed by atoms with Gasteiger partial charge < -0.3 is 20.1 Å². The number of benzene rings is 2. The third kappa shape index (κ3) is 6.50. The maximum atomic E-state index is 13.7. The topological polar surface area (TPSA) is 129 Å². The van der Waals surface area contributed by atoms with Crippen LogP contribution < -0.4 is 10.1 Å². The summed E-state index contributed by atoms with van der Waals surface area (Å²) in [4.78, 5) is 33.0. The van der Waals surface area contributed by atoms with Crippen molar-refractivity contribution in [3.63, 3.8) is 0 Å². The van der Waals surface area contributed by atoms with E-state index in [9.17, 15) is 23.1 Å². The zero-order valence-corrected chi connectivity index (χ0v) is 26.3. The maximum Gasteiger partial charge on any atom is 0.258 e. The smallest absolute Gasteiger partial charge is 0.258 e. The number of fused-ring (bicyclic) bond motifs is 1. The molecule has 3 heterocycles. The van der Waals surface area contributed by atoms with Crippen LogP contribution in [0.5, 0.6) is 5.75 Å². The lowest BCUT2D eigenvalue weighted by Gasteiger charge is -2.38. The summed E-state index contributed by atoms with van der Waals surface area (Å²) < 4.78 is 34.4. The number of carbonyl (C=O) groups excluding carboxylic acids is 2. The highest BCUT2D eigenvalue weighted by Gasteiger charge is 2.36. The number of sulfonamides is 1. The van der Waals surface area contributed by atoms with E-state index in [1.807, 2.05) is 24.4 Å². The lowest BCUT2D eigenvalue weighted by molar-refractivity contribution is 0.0388. The van der Waals surface area contributed by atoms with Gasteiger partial charge in [0.15, 0.2) is 5.75 Å². The molecule has 0 unspecified atom stereocenters. The number of nitrogens with one attached hydrogen (secondary N) is 1. The van der Waals surface area contributed by atoms with Crippen LogP contribution in [-0.4, -0.2) is 78.4 Å². The van der Waals surface area contributed by atoms with Gasteiger partial charge in [-0.25, -0.2) is 13.4 Å². The number of nitrogens with zero attached hydrogens (tertiary/aromatic N) is 3. The van der Waals surface area contributed by atoms with E-state index in [1.165, 1.54) is 22.7 Å². The molecule has 226 valence electrons. The van der Waals surface area contributed by atoms with E-state index >= 15 is 0 Å². The number of hydrogen-bond acceptors (Lipinski definition) is 9. The quantitative estimate of drug-likeness (QED) is 0.272. The maximum absolute atomic E-state index is 13.7. The predicted molar refractivity (Wildman–Crippen MR) is 167 cm³/mol. The predicted octanol–water partition coefficient (Wildman–Crippen LogP) is 4.66. The first-order valence-corrected chi connectivity index (χ1v) is 16.8. The Morgan fingerprint density at radius 1 is 1.16 bits per heavy atom. The first-order valence-electron chi connectivity index (χ1n) is 13.6. The molecule has 5 rings (SSSR count). The zero-order valence-electron chi connectivity index (χ0n) is 23.8. The molecule has 3 atom stereocenters. The van der Waals surface area contributed by atoms with Crippen molar-refractivity contribution in [2.45, 2.75) is 30.2 Å². The van der Waals surface area contributed by atoms with E-state index in [0.29, 0.717) is 5.56 Å². The van der Waals surface area contributed by atoms with Gasteiger partial charge in [0.1, 0.15) is 15.3 Å². The van der Waals surface area contributed by atoms with Crippen molar-refractivity contribution in [3.8, 4) is 16.3 Å². The van der Waals surface area contributed by atoms with Crippen molar-refractivity contribution in [2.75, 3.05) is 32.1 Å². The molecule has 43 heavy (non-hydrogen) atoms. The van der Waals surface area contributed by atoms with Gasteiger partial charge in [0.2, 0.25) is 0 Å². The Kier molecular flexibility index (Phi) is 9.28. The zero-order chi connectivity index (χ0) is 30.7. The number of rotatable bonds is 9. The molecule has 0 fully saturated rings. The van der Waals surface area contributed by atoms with Crippen LogP contribution in [0.15, 0.2) is 75.8 Å². The van der Waals surface area contributed by atoms with Gasteiger partial charge >= 0.3 is 0 Å². The molecular weight excluding hydrogens is 609 g/mol. The van der Waals surface area contributed by atoms with Gasteiger partial charge in [-0.15, -0.1) is 22.7 Å². The number of thiazole rings is 1. The number of thiophene rings is 1. The second kappa shape index (κ2) is 12.9. The molecule has 1 aliphatic rings. The first kappa shape index (κ1) is 30.8. The molecule has 0 radical (unpaired) electrons. The number of aromatic nitrogens is 1. The number of aliphatic hydroxyl groups excluding tert-OH is 1. The molecule has 0 aliphatic carbocycles. The van der Waals surface area contributed by atoms with Crippen LogP contribution in [0.1, 0.15) is 34.6 Å². The van der Waals surface area contributed by atoms with Crippen LogP contribution in [0.2, 0.25) is 0 Å². The van der Waals surface area contributed by atoms with Crippen LogP contribution >= 0.6 is 22.7 Å². The monoisotopic (exact) mass is 640 g/mol. The Labute approximate surface area is 258 Å². The van der Waals surface area contributed by atoms with Crippen molar-refractivity contribution in [3.05, 3.63) is 82.7 Å². The highest BCUT2D eigenvalue weighted by molar-refractivity contribution is 7.91. The van der Waals surface area contributed by atoms with E-state index in [0.717, 1.165) is 21.9 Å². The second-order valence-electron chi connectivity index (χ2n) is 10.4. The second-order valence-corrected chi connectivity index (χ2v) is 14.5. The molecule has 2 N–H and O–H groups in total. The molecule has 1 aliphatic heterocycles. The number of anilines is 1. The summed E-state index contributed by atoms with van der Waals surface area (Å²) >= 11 is 2.63. The molecule has 0 bridgehead atoms. The van der Waals surface area contributed by atoms with Gasteiger partial charge in [-0.3, -0.25) is 9.59 Å². The lowest BCUT2D eigenvalue weighted by atomic mass is 9.99. The van der Waals surface area contributed by atoms with Crippen LogP contribution in [0.3, 0.4) is 0 Å². The minimum Gasteiger partial charge on any atom is -0.486 e. The van der Waals surface area contributed by atoms with E-state index < -0.39 is 28.1 Å². The van der Waals surface area contributed by atoms with Gasteiger partial charge in [0, 0.05) is 42.2 Å². The van der Waals surface area contributed by atoms with Gasteiger partial charge in [-0.05, 0) is 42.6 Å². The number of hydrogen-bond donors (Lipinski definition) is 2. The minimum atomic E-state index is -3.77. The van der Waals surface area contributed by atoms with Crippen molar-refractivity contribution >= 4 is 50.2 Å². The van der Waals surface area contributed by atoms with Crippen LogP contribution in [-0.2, 0) is 10.0 Å². The van der Waals surface area contributed by atoms with Crippen molar-refractivity contribution in [2.24, 2.45) is 5.92 Å². The third-order valence-electron chi connectivity index (χ3n) is 7.36.